The Balaban J connectivity index is 2.29. The standard InChI is InChI=1S/C9H9ClN4/c10-7-4-12-9-13-6(5-1-2-5)3-8(11)14(7)9/h3-5H,1-2,11H2. The lowest BCUT2D eigenvalue weighted by Gasteiger charge is -2.03. The maximum Gasteiger partial charge on any atom is 0.236 e. The van der Waals surface area contributed by atoms with E-state index in [1.807, 2.05) is 6.07 Å². The molecule has 0 spiro atoms. The number of aromatic nitrogens is 3. The van der Waals surface area contributed by atoms with E-state index in [1.54, 1.807) is 10.6 Å². The van der Waals surface area contributed by atoms with Crippen molar-refractivity contribution >= 4 is 23.2 Å². The minimum Gasteiger partial charge on any atom is -0.385 e. The largest absolute Gasteiger partial charge is 0.385 e. The number of hydrogen-bond acceptors (Lipinski definition) is 3. The number of nitrogens with two attached hydrogens (primary N) is 1. The summed E-state index contributed by atoms with van der Waals surface area (Å²) in [5.41, 5.74) is 6.91. The highest BCUT2D eigenvalue weighted by Gasteiger charge is 2.26. The van der Waals surface area contributed by atoms with Gasteiger partial charge < -0.3 is 5.73 Å². The van der Waals surface area contributed by atoms with E-state index in [4.69, 9.17) is 17.3 Å². The highest BCUT2D eigenvalue weighted by Crippen LogP contribution is 2.39. The van der Waals surface area contributed by atoms with Gasteiger partial charge in [-0.25, -0.2) is 9.97 Å². The average Bonchev–Trinajstić information content (AvgIpc) is 2.92. The van der Waals surface area contributed by atoms with Gasteiger partial charge in [0.1, 0.15) is 11.0 Å². The zero-order valence-electron chi connectivity index (χ0n) is 7.44. The van der Waals surface area contributed by atoms with Gasteiger partial charge in [-0.3, -0.25) is 4.40 Å². The van der Waals surface area contributed by atoms with Crippen LogP contribution in [0.25, 0.3) is 5.78 Å². The lowest BCUT2D eigenvalue weighted by Crippen LogP contribution is -2.01. The summed E-state index contributed by atoms with van der Waals surface area (Å²) in [4.78, 5) is 8.50. The van der Waals surface area contributed by atoms with Gasteiger partial charge in [-0.2, -0.15) is 0 Å². The number of anilines is 1. The summed E-state index contributed by atoms with van der Waals surface area (Å²) in [7, 11) is 0. The fourth-order valence-corrected chi connectivity index (χ4v) is 1.81. The second-order valence-electron chi connectivity index (χ2n) is 3.60. The Morgan fingerprint density at radius 2 is 2.29 bits per heavy atom. The van der Waals surface area contributed by atoms with Crippen molar-refractivity contribution < 1.29 is 0 Å². The van der Waals surface area contributed by atoms with Crippen molar-refractivity contribution in [1.82, 2.24) is 14.4 Å². The van der Waals surface area contributed by atoms with E-state index >= 15 is 0 Å². The highest BCUT2D eigenvalue weighted by atomic mass is 35.5. The fourth-order valence-electron chi connectivity index (χ4n) is 1.59. The summed E-state index contributed by atoms with van der Waals surface area (Å²) >= 11 is 5.91. The van der Waals surface area contributed by atoms with Crippen LogP contribution in [-0.4, -0.2) is 14.4 Å². The van der Waals surface area contributed by atoms with Gasteiger partial charge in [-0.05, 0) is 12.8 Å². The summed E-state index contributed by atoms with van der Waals surface area (Å²) in [6.45, 7) is 0. The molecule has 1 saturated carbocycles. The smallest absolute Gasteiger partial charge is 0.236 e. The first-order valence-corrected chi connectivity index (χ1v) is 4.93. The molecule has 72 valence electrons. The zero-order chi connectivity index (χ0) is 9.71. The number of rotatable bonds is 1. The molecule has 2 heterocycles. The summed E-state index contributed by atoms with van der Waals surface area (Å²) in [6.07, 6.45) is 3.98. The Hall–Kier alpha value is -1.29. The van der Waals surface area contributed by atoms with Gasteiger partial charge in [-0.1, -0.05) is 11.6 Å². The number of imidazole rings is 1. The minimum atomic E-state index is 0.507. The van der Waals surface area contributed by atoms with Crippen molar-refractivity contribution in [1.29, 1.82) is 0 Å². The number of fused-ring (bicyclic) bond motifs is 1. The normalized spacial score (nSPS) is 16.4. The molecule has 3 rings (SSSR count). The molecular weight excluding hydrogens is 200 g/mol. The molecule has 1 aliphatic carbocycles. The van der Waals surface area contributed by atoms with Gasteiger partial charge in [-0.15, -0.1) is 0 Å². The van der Waals surface area contributed by atoms with Gasteiger partial charge in [0.05, 0.1) is 11.9 Å². The SMILES string of the molecule is Nc1cc(C2CC2)nc2ncc(Cl)n12. The van der Waals surface area contributed by atoms with Gasteiger partial charge in [0.25, 0.3) is 0 Å². The molecule has 0 bridgehead atoms. The maximum absolute atomic E-state index is 5.91. The second kappa shape index (κ2) is 2.60. The average molecular weight is 209 g/mol. The Bertz CT molecular complexity index is 501. The molecule has 0 unspecified atom stereocenters. The fraction of sp³-hybridized carbons (Fsp3) is 0.333. The maximum atomic E-state index is 5.91. The van der Waals surface area contributed by atoms with Gasteiger partial charge in [0.2, 0.25) is 5.78 Å². The number of halogens is 1. The molecule has 0 aliphatic heterocycles. The predicted octanol–water partition coefficient (Wildman–Crippen LogP) is 1.84. The van der Waals surface area contributed by atoms with Crippen LogP contribution in [0.4, 0.5) is 5.82 Å². The third-order valence-electron chi connectivity index (χ3n) is 2.48. The van der Waals surface area contributed by atoms with Crippen LogP contribution in [-0.2, 0) is 0 Å². The topological polar surface area (TPSA) is 56.2 Å². The van der Waals surface area contributed by atoms with Crippen molar-refractivity contribution in [2.45, 2.75) is 18.8 Å². The molecule has 4 nitrogen and oxygen atoms in total. The van der Waals surface area contributed by atoms with E-state index in [2.05, 4.69) is 9.97 Å². The number of nitrogens with zero attached hydrogens (tertiary/aromatic N) is 3. The van der Waals surface area contributed by atoms with Crippen LogP contribution >= 0.6 is 11.6 Å². The van der Waals surface area contributed by atoms with Crippen LogP contribution in [0.5, 0.6) is 0 Å². The van der Waals surface area contributed by atoms with Crippen molar-refractivity contribution in [2.24, 2.45) is 0 Å². The zero-order valence-corrected chi connectivity index (χ0v) is 8.20. The Morgan fingerprint density at radius 3 is 3.00 bits per heavy atom. The van der Waals surface area contributed by atoms with E-state index in [1.165, 1.54) is 12.8 Å². The molecule has 14 heavy (non-hydrogen) atoms. The van der Waals surface area contributed by atoms with Crippen molar-refractivity contribution in [2.75, 3.05) is 5.73 Å². The Morgan fingerprint density at radius 1 is 1.50 bits per heavy atom. The number of hydrogen-bond donors (Lipinski definition) is 1. The lowest BCUT2D eigenvalue weighted by atomic mass is 10.3. The van der Waals surface area contributed by atoms with Crippen molar-refractivity contribution in [3.63, 3.8) is 0 Å². The van der Waals surface area contributed by atoms with Gasteiger partial charge in [0.15, 0.2) is 0 Å². The molecule has 2 aromatic rings. The minimum absolute atomic E-state index is 0.507. The van der Waals surface area contributed by atoms with E-state index in [-0.39, 0.29) is 0 Å². The van der Waals surface area contributed by atoms with Crippen LogP contribution in [0.2, 0.25) is 5.15 Å². The summed E-state index contributed by atoms with van der Waals surface area (Å²) in [5, 5.41) is 0.507. The molecule has 1 fully saturated rings. The first kappa shape index (κ1) is 8.05. The molecule has 0 atom stereocenters. The van der Waals surface area contributed by atoms with Crippen LogP contribution in [0.15, 0.2) is 12.3 Å². The third-order valence-corrected chi connectivity index (χ3v) is 2.75. The Kier molecular flexibility index (Phi) is 1.50. The highest BCUT2D eigenvalue weighted by molar-refractivity contribution is 6.29. The third kappa shape index (κ3) is 1.07. The van der Waals surface area contributed by atoms with Gasteiger partial charge in [0, 0.05) is 12.0 Å². The summed E-state index contributed by atoms with van der Waals surface area (Å²) in [5.74, 6) is 1.79. The monoisotopic (exact) mass is 208 g/mol. The van der Waals surface area contributed by atoms with Crippen LogP contribution in [0, 0.1) is 0 Å². The van der Waals surface area contributed by atoms with Crippen LogP contribution in [0.3, 0.4) is 0 Å². The summed E-state index contributed by atoms with van der Waals surface area (Å²) in [6, 6.07) is 1.89. The Labute approximate surface area is 85.7 Å². The van der Waals surface area contributed by atoms with Crippen LogP contribution < -0.4 is 5.73 Å². The van der Waals surface area contributed by atoms with Crippen LogP contribution in [0.1, 0.15) is 24.5 Å². The molecular formula is C9H9ClN4. The lowest BCUT2D eigenvalue weighted by molar-refractivity contribution is 0.989. The van der Waals surface area contributed by atoms with E-state index in [0.29, 0.717) is 22.7 Å². The molecule has 0 saturated heterocycles. The van der Waals surface area contributed by atoms with E-state index in [0.717, 1.165) is 5.69 Å². The first-order chi connectivity index (χ1) is 6.75. The molecule has 0 radical (unpaired) electrons. The molecule has 2 N–H and O–H groups in total. The second-order valence-corrected chi connectivity index (χ2v) is 3.98. The van der Waals surface area contributed by atoms with Crippen molar-refractivity contribution in [3.8, 4) is 0 Å². The molecule has 1 aliphatic rings. The first-order valence-electron chi connectivity index (χ1n) is 4.55. The summed E-state index contributed by atoms with van der Waals surface area (Å²) < 4.78 is 1.65. The van der Waals surface area contributed by atoms with Gasteiger partial charge >= 0.3 is 0 Å². The van der Waals surface area contributed by atoms with E-state index < -0.39 is 0 Å². The molecule has 0 amide bonds. The predicted molar refractivity (Wildman–Crippen MR) is 54.4 cm³/mol. The molecule has 0 aromatic carbocycles. The van der Waals surface area contributed by atoms with Crippen molar-refractivity contribution in [3.05, 3.63) is 23.1 Å². The van der Waals surface area contributed by atoms with E-state index in [9.17, 15) is 0 Å². The quantitative estimate of drug-likeness (QED) is 0.778. The number of nitrogen functional groups attached to an aromatic ring is 1. The molecule has 5 heteroatoms. The molecule has 2 aromatic heterocycles.